The molecule has 0 spiro atoms. The Bertz CT molecular complexity index is 619. The normalized spacial score (nSPS) is 11.1. The molecule has 0 radical (unpaired) electrons. The van der Waals surface area contributed by atoms with Gasteiger partial charge in [-0.3, -0.25) is 9.59 Å². The van der Waals surface area contributed by atoms with Crippen LogP contribution in [-0.2, 0) is 20.8 Å². The largest absolute Gasteiger partial charge is 0.382 e. The lowest BCUT2D eigenvalue weighted by Gasteiger charge is -2.11. The second kappa shape index (κ2) is 14.4. The van der Waals surface area contributed by atoms with Gasteiger partial charge >= 0.3 is 0 Å². The molecular weight excluding hydrogens is 362 g/mol. The minimum absolute atomic E-state index is 0.181. The van der Waals surface area contributed by atoms with Crippen LogP contribution in [0.2, 0.25) is 0 Å². The van der Waals surface area contributed by atoms with E-state index in [0.29, 0.717) is 31.9 Å². The van der Waals surface area contributed by atoms with Gasteiger partial charge in [-0.25, -0.2) is 4.99 Å². The summed E-state index contributed by atoms with van der Waals surface area (Å²) in [6.07, 6.45) is 0.864. The number of ether oxygens (including phenoxy) is 2. The Hall–Kier alpha value is -2.65. The zero-order valence-electron chi connectivity index (χ0n) is 16.6. The van der Waals surface area contributed by atoms with Crippen LogP contribution in [0.5, 0.6) is 0 Å². The average molecular weight is 393 g/mol. The number of benzene rings is 1. The third-order valence-electron chi connectivity index (χ3n) is 3.59. The Kier molecular flexibility index (Phi) is 12.0. The van der Waals surface area contributed by atoms with Crippen LogP contribution in [-0.4, -0.2) is 64.3 Å². The number of primary amides is 1. The molecule has 9 heteroatoms. The molecule has 0 aromatic heterocycles. The van der Waals surface area contributed by atoms with Crippen molar-refractivity contribution in [3.05, 3.63) is 35.4 Å². The van der Waals surface area contributed by atoms with Crippen molar-refractivity contribution in [2.24, 2.45) is 10.7 Å². The number of aliphatic imine (C=N–C) groups is 1. The van der Waals surface area contributed by atoms with Crippen molar-refractivity contribution in [1.82, 2.24) is 16.0 Å². The van der Waals surface area contributed by atoms with Gasteiger partial charge in [-0.1, -0.05) is 12.1 Å². The molecule has 5 N–H and O–H groups in total. The summed E-state index contributed by atoms with van der Waals surface area (Å²) in [6.45, 7) is 5.67. The number of hydrogen-bond acceptors (Lipinski definition) is 5. The Morgan fingerprint density at radius 2 is 1.82 bits per heavy atom. The highest BCUT2D eigenvalue weighted by atomic mass is 16.5. The number of amides is 2. The molecule has 0 atom stereocenters. The van der Waals surface area contributed by atoms with Crippen molar-refractivity contribution in [3.8, 4) is 0 Å². The summed E-state index contributed by atoms with van der Waals surface area (Å²) in [4.78, 5) is 27.1. The predicted molar refractivity (Wildman–Crippen MR) is 108 cm³/mol. The summed E-state index contributed by atoms with van der Waals surface area (Å²) in [5, 5.41) is 8.90. The first-order valence-corrected chi connectivity index (χ1v) is 9.31. The maximum absolute atomic E-state index is 11.9. The van der Waals surface area contributed by atoms with Crippen molar-refractivity contribution in [3.63, 3.8) is 0 Å². The Labute approximate surface area is 166 Å². The van der Waals surface area contributed by atoms with Crippen LogP contribution in [0.1, 0.15) is 29.3 Å². The number of carbonyl (C=O) groups is 2. The van der Waals surface area contributed by atoms with Crippen LogP contribution in [0.25, 0.3) is 0 Å². The van der Waals surface area contributed by atoms with Gasteiger partial charge in [0.2, 0.25) is 5.91 Å². The first kappa shape index (κ1) is 23.4. The molecule has 1 rings (SSSR count). The van der Waals surface area contributed by atoms with Crippen LogP contribution in [0.3, 0.4) is 0 Å². The van der Waals surface area contributed by atoms with Gasteiger partial charge in [-0.2, -0.15) is 0 Å². The van der Waals surface area contributed by atoms with Crippen molar-refractivity contribution in [2.75, 3.05) is 46.6 Å². The molecule has 156 valence electrons. The number of nitrogens with zero attached hydrogens (tertiary/aromatic N) is 1. The molecule has 0 fully saturated rings. The second-order valence-electron chi connectivity index (χ2n) is 5.93. The molecule has 0 aliphatic rings. The number of nitrogens with one attached hydrogen (secondary N) is 3. The summed E-state index contributed by atoms with van der Waals surface area (Å²) >= 11 is 0. The number of carbonyl (C=O) groups excluding carboxylic acids is 2. The van der Waals surface area contributed by atoms with Gasteiger partial charge in [0, 0.05) is 32.4 Å². The van der Waals surface area contributed by atoms with E-state index < -0.39 is 5.91 Å². The van der Waals surface area contributed by atoms with Crippen LogP contribution < -0.4 is 21.7 Å². The van der Waals surface area contributed by atoms with Crippen LogP contribution >= 0.6 is 0 Å². The molecule has 2 amide bonds. The second-order valence-corrected chi connectivity index (χ2v) is 5.93. The van der Waals surface area contributed by atoms with Crippen molar-refractivity contribution < 1.29 is 19.1 Å². The summed E-state index contributed by atoms with van der Waals surface area (Å²) in [7, 11) is 1.65. The lowest BCUT2D eigenvalue weighted by Crippen LogP contribution is -2.38. The first-order chi connectivity index (χ1) is 13.6. The first-order valence-electron chi connectivity index (χ1n) is 9.31. The zero-order chi connectivity index (χ0) is 20.6. The van der Waals surface area contributed by atoms with Crippen LogP contribution in [0, 0.1) is 0 Å². The fourth-order valence-electron chi connectivity index (χ4n) is 2.17. The molecule has 0 aliphatic heterocycles. The van der Waals surface area contributed by atoms with Crippen molar-refractivity contribution >= 4 is 17.8 Å². The van der Waals surface area contributed by atoms with E-state index in [1.807, 2.05) is 19.1 Å². The number of guanidine groups is 1. The quantitative estimate of drug-likeness (QED) is 0.212. The van der Waals surface area contributed by atoms with E-state index in [-0.39, 0.29) is 12.5 Å². The summed E-state index contributed by atoms with van der Waals surface area (Å²) in [5.41, 5.74) is 6.44. The number of nitrogens with two attached hydrogens (primary N) is 1. The van der Waals surface area contributed by atoms with E-state index in [0.717, 1.165) is 31.0 Å². The van der Waals surface area contributed by atoms with Crippen molar-refractivity contribution in [1.29, 1.82) is 0 Å². The predicted octanol–water partition coefficient (Wildman–Crippen LogP) is 0.00990. The molecule has 9 nitrogen and oxygen atoms in total. The Morgan fingerprint density at radius 3 is 2.46 bits per heavy atom. The molecule has 0 aliphatic carbocycles. The smallest absolute Gasteiger partial charge is 0.251 e. The third kappa shape index (κ3) is 10.5. The summed E-state index contributed by atoms with van der Waals surface area (Å²) in [6, 6.07) is 7.05. The van der Waals surface area contributed by atoms with Crippen molar-refractivity contribution in [2.45, 2.75) is 19.9 Å². The highest BCUT2D eigenvalue weighted by Gasteiger charge is 2.06. The Morgan fingerprint density at radius 1 is 1.07 bits per heavy atom. The van der Waals surface area contributed by atoms with E-state index in [1.54, 1.807) is 19.2 Å². The molecule has 0 heterocycles. The van der Waals surface area contributed by atoms with E-state index in [9.17, 15) is 9.59 Å². The van der Waals surface area contributed by atoms with E-state index in [4.69, 9.17) is 15.2 Å². The maximum Gasteiger partial charge on any atom is 0.251 e. The fourth-order valence-corrected chi connectivity index (χ4v) is 2.17. The summed E-state index contributed by atoms with van der Waals surface area (Å²) < 4.78 is 10.3. The highest BCUT2D eigenvalue weighted by molar-refractivity contribution is 5.96. The van der Waals surface area contributed by atoms with Crippen LogP contribution in [0.15, 0.2) is 29.3 Å². The molecule has 1 aromatic rings. The topological polar surface area (TPSA) is 127 Å². The number of rotatable bonds is 13. The molecule has 0 saturated carbocycles. The minimum Gasteiger partial charge on any atom is -0.382 e. The highest BCUT2D eigenvalue weighted by Crippen LogP contribution is 2.06. The number of hydrogen-bond donors (Lipinski definition) is 4. The maximum atomic E-state index is 11.9. The van der Waals surface area contributed by atoms with E-state index in [1.165, 1.54) is 0 Å². The van der Waals surface area contributed by atoms with Gasteiger partial charge in [-0.15, -0.1) is 0 Å². The molecule has 28 heavy (non-hydrogen) atoms. The van der Waals surface area contributed by atoms with Gasteiger partial charge in [0.15, 0.2) is 5.96 Å². The van der Waals surface area contributed by atoms with Gasteiger partial charge in [0.05, 0.1) is 26.3 Å². The third-order valence-corrected chi connectivity index (χ3v) is 3.59. The Balaban J connectivity index is 2.44. The minimum atomic E-state index is -0.579. The van der Waals surface area contributed by atoms with Gasteiger partial charge in [0.1, 0.15) is 0 Å². The molecule has 0 bridgehead atoms. The molecule has 0 saturated heterocycles. The average Bonchev–Trinajstić information content (AvgIpc) is 2.69. The monoisotopic (exact) mass is 393 g/mol. The van der Waals surface area contributed by atoms with E-state index in [2.05, 4.69) is 20.9 Å². The van der Waals surface area contributed by atoms with Gasteiger partial charge in [0.25, 0.3) is 5.91 Å². The lowest BCUT2D eigenvalue weighted by atomic mass is 10.1. The van der Waals surface area contributed by atoms with Crippen LogP contribution in [0.4, 0.5) is 0 Å². The molecular formula is C19H31N5O4. The molecule has 1 aromatic carbocycles. The number of methoxy groups -OCH3 is 1. The lowest BCUT2D eigenvalue weighted by molar-refractivity contribution is -0.117. The van der Waals surface area contributed by atoms with Gasteiger partial charge < -0.3 is 31.2 Å². The molecule has 0 unspecified atom stereocenters. The standard InChI is InChI=1S/C19H31N5O4/c1-3-21-19(22-9-4-10-28-12-11-27-2)24-13-15-5-7-16(8-6-15)18(26)23-14-17(20)25/h5-8H,3-4,9-14H2,1-2H3,(H2,20,25)(H,23,26)(H2,21,22,24). The fraction of sp³-hybridized carbons (Fsp3) is 0.526. The zero-order valence-corrected chi connectivity index (χ0v) is 16.6. The summed E-state index contributed by atoms with van der Waals surface area (Å²) in [5.74, 6) is -0.191. The SMILES string of the molecule is CCNC(=NCc1ccc(C(=O)NCC(N)=O)cc1)NCCCOCCOC. The van der Waals surface area contributed by atoms with E-state index >= 15 is 0 Å². The van der Waals surface area contributed by atoms with Gasteiger partial charge in [-0.05, 0) is 31.0 Å².